The van der Waals surface area contributed by atoms with Crippen LogP contribution >= 0.6 is 15.9 Å². The Morgan fingerprint density at radius 3 is 2.94 bits per heavy atom. The average Bonchev–Trinajstić information content (AvgIpc) is 2.81. The summed E-state index contributed by atoms with van der Waals surface area (Å²) < 4.78 is 14.5. The molecule has 0 aliphatic heterocycles. The molecule has 0 atom stereocenters. The van der Waals surface area contributed by atoms with Gasteiger partial charge in [-0.2, -0.15) is 0 Å². The van der Waals surface area contributed by atoms with Gasteiger partial charge in [0.2, 0.25) is 0 Å². The summed E-state index contributed by atoms with van der Waals surface area (Å²) in [5.41, 5.74) is 6.67. The Morgan fingerprint density at radius 2 is 2.17 bits per heavy atom. The number of hydrogen-bond donors (Lipinski definition) is 2. The van der Waals surface area contributed by atoms with Crippen LogP contribution in [0.1, 0.15) is 18.7 Å². The minimum atomic E-state index is -0.254. The number of rotatable bonds is 5. The van der Waals surface area contributed by atoms with Crippen molar-refractivity contribution >= 4 is 15.9 Å². The highest BCUT2D eigenvalue weighted by molar-refractivity contribution is 9.10. The van der Waals surface area contributed by atoms with E-state index in [1.54, 1.807) is 18.3 Å². The van der Waals surface area contributed by atoms with Crippen LogP contribution in [0.2, 0.25) is 0 Å². The molecule has 96 valence electrons. The van der Waals surface area contributed by atoms with E-state index in [4.69, 9.17) is 5.73 Å². The lowest BCUT2D eigenvalue weighted by Gasteiger charge is -2.01. The molecule has 0 unspecified atom stereocenters. The molecule has 1 aromatic heterocycles. The summed E-state index contributed by atoms with van der Waals surface area (Å²) in [6, 6.07) is 4.86. The molecular formula is C13H15BrFN3. The van der Waals surface area contributed by atoms with Crippen molar-refractivity contribution < 1.29 is 4.39 Å². The summed E-state index contributed by atoms with van der Waals surface area (Å²) in [7, 11) is 0. The second kappa shape index (κ2) is 6.11. The molecule has 2 aromatic rings. The first-order valence-electron chi connectivity index (χ1n) is 5.90. The number of imidazole rings is 1. The van der Waals surface area contributed by atoms with E-state index >= 15 is 0 Å². The molecule has 2 rings (SSSR count). The van der Waals surface area contributed by atoms with E-state index in [1.165, 1.54) is 6.07 Å². The number of H-pyrrole nitrogens is 1. The van der Waals surface area contributed by atoms with E-state index in [9.17, 15) is 4.39 Å². The van der Waals surface area contributed by atoms with E-state index in [0.29, 0.717) is 17.8 Å². The lowest BCUT2D eigenvalue weighted by atomic mass is 10.1. The number of aromatic amines is 1. The van der Waals surface area contributed by atoms with Crippen molar-refractivity contribution in [2.75, 3.05) is 6.54 Å². The number of halogens is 2. The highest BCUT2D eigenvalue weighted by Crippen LogP contribution is 2.24. The summed E-state index contributed by atoms with van der Waals surface area (Å²) in [4.78, 5) is 7.40. The van der Waals surface area contributed by atoms with E-state index < -0.39 is 0 Å². The molecule has 1 aromatic carbocycles. The molecule has 0 spiro atoms. The molecule has 3 nitrogen and oxygen atoms in total. The fraction of sp³-hybridized carbons (Fsp3) is 0.308. The Kier molecular flexibility index (Phi) is 4.49. The summed E-state index contributed by atoms with van der Waals surface area (Å²) in [5, 5.41) is 0. The van der Waals surface area contributed by atoms with Crippen molar-refractivity contribution in [3.8, 4) is 11.3 Å². The van der Waals surface area contributed by atoms with E-state index in [-0.39, 0.29) is 5.82 Å². The molecule has 0 radical (unpaired) electrons. The number of unbranched alkanes of at least 4 members (excludes halogenated alkanes) is 1. The van der Waals surface area contributed by atoms with E-state index in [2.05, 4.69) is 25.9 Å². The number of aryl methyl sites for hydroxylation is 1. The molecule has 0 aliphatic carbocycles. The second-order valence-corrected chi connectivity index (χ2v) is 5.03. The topological polar surface area (TPSA) is 54.7 Å². The summed E-state index contributed by atoms with van der Waals surface area (Å²) in [6.07, 6.45) is 4.47. The van der Waals surface area contributed by atoms with Crippen LogP contribution in [0.3, 0.4) is 0 Å². The minimum Gasteiger partial charge on any atom is -0.342 e. The molecule has 3 N–H and O–H groups in total. The largest absolute Gasteiger partial charge is 0.342 e. The first-order chi connectivity index (χ1) is 8.70. The standard InChI is InChI=1S/C13H15BrFN3/c14-9-4-5-11(15)10(7-9)12-8-17-13(18-12)3-1-2-6-16/h4-5,7-8H,1-3,6,16H2,(H,17,18). The Bertz CT molecular complexity index is 525. The van der Waals surface area contributed by atoms with Crippen molar-refractivity contribution in [2.24, 2.45) is 5.73 Å². The first kappa shape index (κ1) is 13.2. The number of hydrogen-bond acceptors (Lipinski definition) is 2. The Labute approximate surface area is 114 Å². The maximum Gasteiger partial charge on any atom is 0.132 e. The van der Waals surface area contributed by atoms with Gasteiger partial charge in [-0.1, -0.05) is 15.9 Å². The predicted molar refractivity (Wildman–Crippen MR) is 73.7 cm³/mol. The van der Waals surface area contributed by atoms with Gasteiger partial charge in [-0.3, -0.25) is 0 Å². The van der Waals surface area contributed by atoms with Crippen molar-refractivity contribution in [2.45, 2.75) is 19.3 Å². The van der Waals surface area contributed by atoms with Crippen molar-refractivity contribution in [1.82, 2.24) is 9.97 Å². The van der Waals surface area contributed by atoms with E-state index in [1.807, 2.05) is 0 Å². The molecule has 0 amide bonds. The van der Waals surface area contributed by atoms with Crippen molar-refractivity contribution in [1.29, 1.82) is 0 Å². The number of aromatic nitrogens is 2. The second-order valence-electron chi connectivity index (χ2n) is 4.11. The van der Waals surface area contributed by atoms with Gasteiger partial charge in [-0.05, 0) is 37.6 Å². The van der Waals surface area contributed by atoms with Crippen LogP contribution in [0.15, 0.2) is 28.9 Å². The maximum atomic E-state index is 13.7. The third-order valence-electron chi connectivity index (χ3n) is 2.71. The van der Waals surface area contributed by atoms with Gasteiger partial charge in [-0.15, -0.1) is 0 Å². The Hall–Kier alpha value is -1.20. The van der Waals surface area contributed by atoms with Crippen molar-refractivity contribution in [3.63, 3.8) is 0 Å². The predicted octanol–water partition coefficient (Wildman–Crippen LogP) is 3.26. The van der Waals surface area contributed by atoms with Crippen LogP contribution < -0.4 is 5.73 Å². The number of nitrogens with zero attached hydrogens (tertiary/aromatic N) is 1. The van der Waals surface area contributed by atoms with Gasteiger partial charge in [0, 0.05) is 16.5 Å². The Morgan fingerprint density at radius 1 is 1.33 bits per heavy atom. The molecule has 0 saturated carbocycles. The number of nitrogens with one attached hydrogen (secondary N) is 1. The van der Waals surface area contributed by atoms with Crippen LogP contribution in [-0.2, 0) is 6.42 Å². The minimum absolute atomic E-state index is 0.254. The highest BCUT2D eigenvalue weighted by atomic mass is 79.9. The van der Waals surface area contributed by atoms with Crippen LogP contribution in [0.5, 0.6) is 0 Å². The van der Waals surface area contributed by atoms with Gasteiger partial charge in [0.1, 0.15) is 11.6 Å². The van der Waals surface area contributed by atoms with Gasteiger partial charge in [0.05, 0.1) is 11.9 Å². The van der Waals surface area contributed by atoms with Crippen molar-refractivity contribution in [3.05, 3.63) is 40.5 Å². The number of benzene rings is 1. The van der Waals surface area contributed by atoms with Gasteiger partial charge >= 0.3 is 0 Å². The molecule has 0 bridgehead atoms. The zero-order chi connectivity index (χ0) is 13.0. The average molecular weight is 312 g/mol. The lowest BCUT2D eigenvalue weighted by Crippen LogP contribution is -1.99. The molecule has 5 heteroatoms. The van der Waals surface area contributed by atoms with Crippen LogP contribution in [0.4, 0.5) is 4.39 Å². The molecule has 0 fully saturated rings. The van der Waals surface area contributed by atoms with Gasteiger partial charge in [0.25, 0.3) is 0 Å². The monoisotopic (exact) mass is 311 g/mol. The highest BCUT2D eigenvalue weighted by Gasteiger charge is 2.08. The zero-order valence-electron chi connectivity index (χ0n) is 9.92. The molecule has 0 aliphatic rings. The van der Waals surface area contributed by atoms with Crippen LogP contribution in [0, 0.1) is 5.82 Å². The summed E-state index contributed by atoms with van der Waals surface area (Å²) in [6.45, 7) is 0.688. The third kappa shape index (κ3) is 3.17. The van der Waals surface area contributed by atoms with Gasteiger partial charge in [0.15, 0.2) is 0 Å². The number of nitrogens with two attached hydrogens (primary N) is 1. The Balaban J connectivity index is 2.16. The third-order valence-corrected chi connectivity index (χ3v) is 3.21. The van der Waals surface area contributed by atoms with Crippen LogP contribution in [-0.4, -0.2) is 16.5 Å². The fourth-order valence-corrected chi connectivity index (χ4v) is 2.13. The van der Waals surface area contributed by atoms with Crippen LogP contribution in [0.25, 0.3) is 11.3 Å². The summed E-state index contributed by atoms with van der Waals surface area (Å²) >= 11 is 3.34. The summed E-state index contributed by atoms with van der Waals surface area (Å²) in [5.74, 6) is 0.619. The quantitative estimate of drug-likeness (QED) is 0.833. The van der Waals surface area contributed by atoms with E-state index in [0.717, 1.165) is 29.6 Å². The lowest BCUT2D eigenvalue weighted by molar-refractivity contribution is 0.630. The molecule has 1 heterocycles. The maximum absolute atomic E-state index is 13.7. The van der Waals surface area contributed by atoms with Gasteiger partial charge in [-0.25, -0.2) is 9.37 Å². The smallest absolute Gasteiger partial charge is 0.132 e. The normalized spacial score (nSPS) is 10.8. The molecule has 0 saturated heterocycles. The van der Waals surface area contributed by atoms with Gasteiger partial charge < -0.3 is 10.7 Å². The fourth-order valence-electron chi connectivity index (χ4n) is 1.77. The molecule has 18 heavy (non-hydrogen) atoms. The zero-order valence-corrected chi connectivity index (χ0v) is 11.5. The first-order valence-corrected chi connectivity index (χ1v) is 6.69. The SMILES string of the molecule is NCCCCc1ncc(-c2cc(Br)ccc2F)[nH]1. The molecular weight excluding hydrogens is 297 g/mol.